The number of alkyl halides is 3. The Labute approximate surface area is 199 Å². The van der Waals surface area contributed by atoms with Crippen molar-refractivity contribution in [3.05, 3.63) is 77.0 Å². The van der Waals surface area contributed by atoms with Crippen LogP contribution in [-0.4, -0.2) is 44.2 Å². The van der Waals surface area contributed by atoms with Crippen LogP contribution in [0.3, 0.4) is 0 Å². The van der Waals surface area contributed by atoms with Gasteiger partial charge in [-0.1, -0.05) is 36.4 Å². The van der Waals surface area contributed by atoms with E-state index < -0.39 is 11.7 Å². The van der Waals surface area contributed by atoms with Crippen LogP contribution in [-0.2, 0) is 19.0 Å². The molecule has 33 heavy (non-hydrogen) atoms. The maximum absolute atomic E-state index is 12.6. The Kier molecular flexibility index (Phi) is 12.8. The summed E-state index contributed by atoms with van der Waals surface area (Å²) in [6, 6.07) is 12.2. The van der Waals surface area contributed by atoms with E-state index >= 15 is 0 Å². The number of halogens is 3. The van der Waals surface area contributed by atoms with E-state index in [4.69, 9.17) is 10.8 Å². The highest BCUT2D eigenvalue weighted by Gasteiger charge is 2.30. The molecule has 5 nitrogen and oxygen atoms in total. The summed E-state index contributed by atoms with van der Waals surface area (Å²) in [5, 5.41) is 14.7. The molecule has 0 bridgehead atoms. The smallest absolute Gasteiger partial charge is 0.396 e. The summed E-state index contributed by atoms with van der Waals surface area (Å²) in [4.78, 5) is 5.05. The number of benzene rings is 2. The number of aliphatic hydroxyl groups is 1. The second-order valence-electron chi connectivity index (χ2n) is 7.45. The van der Waals surface area contributed by atoms with Crippen molar-refractivity contribution in [3.8, 4) is 0 Å². The molecule has 0 amide bonds. The van der Waals surface area contributed by atoms with Gasteiger partial charge in [0.25, 0.3) is 0 Å². The van der Waals surface area contributed by atoms with Gasteiger partial charge in [0, 0.05) is 23.8 Å². The SMILES string of the molecule is CC(N=CN/C=C(\S)c1cccc(CCO)c1)C(N)Cc1ccc(C(F)(F)F)cc1.CNC. The van der Waals surface area contributed by atoms with Gasteiger partial charge in [-0.2, -0.15) is 13.2 Å². The van der Waals surface area contributed by atoms with Gasteiger partial charge in [0.2, 0.25) is 0 Å². The van der Waals surface area contributed by atoms with Crippen LogP contribution in [0.4, 0.5) is 13.2 Å². The first kappa shape index (κ1) is 28.7. The number of thiol groups is 1. The van der Waals surface area contributed by atoms with E-state index in [-0.39, 0.29) is 18.7 Å². The molecule has 0 aliphatic heterocycles. The molecule has 2 rings (SSSR count). The number of aliphatic hydroxyl groups excluding tert-OH is 1. The molecule has 0 aliphatic rings. The lowest BCUT2D eigenvalue weighted by atomic mass is 10.0. The lowest BCUT2D eigenvalue weighted by Crippen LogP contribution is -2.34. The molecule has 9 heteroatoms. The topological polar surface area (TPSA) is 82.7 Å². The largest absolute Gasteiger partial charge is 0.416 e. The molecule has 182 valence electrons. The second kappa shape index (κ2) is 14.7. The monoisotopic (exact) mass is 482 g/mol. The van der Waals surface area contributed by atoms with Crippen molar-refractivity contribution in [1.29, 1.82) is 0 Å². The summed E-state index contributed by atoms with van der Waals surface area (Å²) >= 11 is 4.46. The zero-order chi connectivity index (χ0) is 24.9. The average molecular weight is 483 g/mol. The van der Waals surface area contributed by atoms with Crippen molar-refractivity contribution in [2.45, 2.75) is 38.0 Å². The average Bonchev–Trinajstić information content (AvgIpc) is 2.77. The molecular weight excluding hydrogens is 449 g/mol. The highest BCUT2D eigenvalue weighted by Crippen LogP contribution is 2.29. The highest BCUT2D eigenvalue weighted by atomic mass is 32.1. The molecule has 2 aromatic rings. The maximum Gasteiger partial charge on any atom is 0.416 e. The molecule has 5 N–H and O–H groups in total. The van der Waals surface area contributed by atoms with Crippen LogP contribution in [0.1, 0.15) is 29.2 Å². The molecule has 2 atom stereocenters. The van der Waals surface area contributed by atoms with E-state index in [1.165, 1.54) is 18.5 Å². The molecule has 0 heterocycles. The van der Waals surface area contributed by atoms with E-state index in [2.05, 4.69) is 28.3 Å². The van der Waals surface area contributed by atoms with Crippen molar-refractivity contribution in [2.75, 3.05) is 20.7 Å². The van der Waals surface area contributed by atoms with Crippen LogP contribution in [0.2, 0.25) is 0 Å². The van der Waals surface area contributed by atoms with Crippen LogP contribution < -0.4 is 16.4 Å². The van der Waals surface area contributed by atoms with Gasteiger partial charge in [-0.15, -0.1) is 12.6 Å². The van der Waals surface area contributed by atoms with Crippen LogP contribution in [0.15, 0.2) is 59.7 Å². The Morgan fingerprint density at radius 1 is 1.15 bits per heavy atom. The standard InChI is InChI=1S/C22H26F3N3OS.C2H7N/c1-15(20(26)12-17-5-7-19(8-6-17)22(23,24)25)28-14-27-13-21(30)18-4-2-3-16(11-18)9-10-29;1-3-2/h2-8,11,13-15,20,29-30H,9-10,12,26H2,1H3,(H,27,28);3H,1-2H3/b21-13-;. The van der Waals surface area contributed by atoms with Gasteiger partial charge in [-0.05, 0) is 62.7 Å². The van der Waals surface area contributed by atoms with Crippen molar-refractivity contribution < 1.29 is 18.3 Å². The summed E-state index contributed by atoms with van der Waals surface area (Å²) in [5.41, 5.74) is 8.12. The predicted molar refractivity (Wildman–Crippen MR) is 133 cm³/mol. The molecule has 0 spiro atoms. The quantitative estimate of drug-likeness (QED) is 0.213. The molecule has 0 aromatic heterocycles. The first-order chi connectivity index (χ1) is 15.6. The second-order valence-corrected chi connectivity index (χ2v) is 7.93. The minimum absolute atomic E-state index is 0.0879. The van der Waals surface area contributed by atoms with Crippen molar-refractivity contribution in [3.63, 3.8) is 0 Å². The highest BCUT2D eigenvalue weighted by molar-refractivity contribution is 7.90. The van der Waals surface area contributed by atoms with Crippen LogP contribution in [0, 0.1) is 0 Å². The first-order valence-corrected chi connectivity index (χ1v) is 10.9. The van der Waals surface area contributed by atoms with Gasteiger partial charge < -0.3 is 21.5 Å². The van der Waals surface area contributed by atoms with Gasteiger partial charge in [-0.3, -0.25) is 4.99 Å². The zero-order valence-corrected chi connectivity index (χ0v) is 20.0. The lowest BCUT2D eigenvalue weighted by Gasteiger charge is -2.16. The van der Waals surface area contributed by atoms with E-state index in [9.17, 15) is 13.2 Å². The van der Waals surface area contributed by atoms with E-state index in [1.807, 2.05) is 45.3 Å². The third-order valence-electron chi connectivity index (χ3n) is 4.60. The number of nitrogens with zero attached hydrogens (tertiary/aromatic N) is 1. The number of rotatable bonds is 9. The molecule has 0 saturated heterocycles. The molecule has 0 saturated carbocycles. The first-order valence-electron chi connectivity index (χ1n) is 10.5. The fourth-order valence-electron chi connectivity index (χ4n) is 2.76. The summed E-state index contributed by atoms with van der Waals surface area (Å²) in [7, 11) is 3.75. The Hall–Kier alpha value is -2.33. The summed E-state index contributed by atoms with van der Waals surface area (Å²) < 4.78 is 37.9. The molecule has 0 radical (unpaired) electrons. The zero-order valence-electron chi connectivity index (χ0n) is 19.1. The summed E-state index contributed by atoms with van der Waals surface area (Å²) in [6.07, 6.45) is -0.132. The number of hydrogen-bond donors (Lipinski definition) is 5. The summed E-state index contributed by atoms with van der Waals surface area (Å²) in [6.45, 7) is 1.93. The molecule has 0 fully saturated rings. The third kappa shape index (κ3) is 10.9. The summed E-state index contributed by atoms with van der Waals surface area (Å²) in [5.74, 6) is 0. The molecule has 2 unspecified atom stereocenters. The van der Waals surface area contributed by atoms with Gasteiger partial charge in [0.05, 0.1) is 17.9 Å². The molecule has 0 aliphatic carbocycles. The Balaban J connectivity index is 0.00000172. The van der Waals surface area contributed by atoms with Gasteiger partial charge in [0.1, 0.15) is 0 Å². The van der Waals surface area contributed by atoms with Gasteiger partial charge >= 0.3 is 6.18 Å². The lowest BCUT2D eigenvalue weighted by molar-refractivity contribution is -0.137. The Bertz CT molecular complexity index is 886. The van der Waals surface area contributed by atoms with Crippen molar-refractivity contribution in [2.24, 2.45) is 10.7 Å². The van der Waals surface area contributed by atoms with Crippen LogP contribution in [0.25, 0.3) is 4.91 Å². The maximum atomic E-state index is 12.6. The Morgan fingerprint density at radius 2 is 1.79 bits per heavy atom. The van der Waals surface area contributed by atoms with Crippen LogP contribution >= 0.6 is 12.6 Å². The molecular formula is C24H33F3N4OS. The minimum Gasteiger partial charge on any atom is -0.396 e. The fourth-order valence-corrected chi connectivity index (χ4v) is 2.97. The number of hydrogen-bond acceptors (Lipinski definition) is 5. The van der Waals surface area contributed by atoms with Gasteiger partial charge in [-0.25, -0.2) is 0 Å². The Morgan fingerprint density at radius 3 is 2.36 bits per heavy atom. The number of nitrogens with two attached hydrogens (primary N) is 1. The fraction of sp³-hybridized carbons (Fsp3) is 0.375. The number of nitrogens with one attached hydrogen (secondary N) is 2. The van der Waals surface area contributed by atoms with Crippen molar-refractivity contribution in [1.82, 2.24) is 10.6 Å². The van der Waals surface area contributed by atoms with E-state index in [1.54, 1.807) is 6.20 Å². The third-order valence-corrected chi connectivity index (χ3v) is 4.99. The molecule has 2 aromatic carbocycles. The predicted octanol–water partition coefficient (Wildman–Crippen LogP) is 3.88. The van der Waals surface area contributed by atoms with Crippen LogP contribution in [0.5, 0.6) is 0 Å². The minimum atomic E-state index is -4.34. The number of aliphatic imine (C=N–C) groups is 1. The van der Waals surface area contributed by atoms with Crippen molar-refractivity contribution >= 4 is 23.9 Å². The van der Waals surface area contributed by atoms with E-state index in [0.29, 0.717) is 17.7 Å². The normalized spacial score (nSPS) is 13.9. The van der Waals surface area contributed by atoms with E-state index in [0.717, 1.165) is 28.8 Å². The van der Waals surface area contributed by atoms with Gasteiger partial charge in [0.15, 0.2) is 0 Å².